The Morgan fingerprint density at radius 2 is 2.10 bits per heavy atom. The first-order chi connectivity index (χ1) is 9.58. The van der Waals surface area contributed by atoms with Gasteiger partial charge in [0, 0.05) is 29.9 Å². The van der Waals surface area contributed by atoms with E-state index in [9.17, 15) is 4.79 Å². The van der Waals surface area contributed by atoms with Crippen LogP contribution >= 0.6 is 11.3 Å². The van der Waals surface area contributed by atoms with Crippen LogP contribution in [0.2, 0.25) is 0 Å². The van der Waals surface area contributed by atoms with E-state index in [0.29, 0.717) is 6.54 Å². The number of aromatic nitrogens is 1. The number of aryl methyl sites for hydroxylation is 1. The van der Waals surface area contributed by atoms with Gasteiger partial charge in [-0.25, -0.2) is 0 Å². The number of aromatic amines is 1. The van der Waals surface area contributed by atoms with Crippen molar-refractivity contribution in [3.8, 4) is 0 Å². The molecule has 0 radical (unpaired) electrons. The minimum absolute atomic E-state index is 0.0963. The first-order valence-corrected chi connectivity index (χ1v) is 7.56. The Bertz CT molecular complexity index is 545. The maximum Gasteiger partial charge on any atom is 0.256 e. The van der Waals surface area contributed by atoms with Crippen LogP contribution in [0.3, 0.4) is 0 Å². The van der Waals surface area contributed by atoms with Gasteiger partial charge in [0.1, 0.15) is 0 Å². The van der Waals surface area contributed by atoms with Gasteiger partial charge in [0.05, 0.1) is 12.1 Å². The second-order valence-electron chi connectivity index (χ2n) is 5.13. The van der Waals surface area contributed by atoms with Crippen LogP contribution in [0.4, 0.5) is 0 Å². The van der Waals surface area contributed by atoms with E-state index in [1.54, 1.807) is 11.3 Å². The fraction of sp³-hybridized carbons (Fsp3) is 0.400. The second kappa shape index (κ2) is 6.72. The van der Waals surface area contributed by atoms with Crippen molar-refractivity contribution in [1.82, 2.24) is 14.8 Å². The molecule has 0 saturated heterocycles. The highest BCUT2D eigenvalue weighted by atomic mass is 32.1. The molecule has 2 aromatic rings. The van der Waals surface area contributed by atoms with Crippen LogP contribution in [0.15, 0.2) is 29.8 Å². The maximum atomic E-state index is 12.7. The molecule has 20 heavy (non-hydrogen) atoms. The number of nitrogens with zero attached hydrogens (tertiary/aromatic N) is 2. The van der Waals surface area contributed by atoms with E-state index in [4.69, 9.17) is 0 Å². The van der Waals surface area contributed by atoms with Crippen molar-refractivity contribution < 1.29 is 4.79 Å². The number of H-pyrrole nitrogens is 1. The van der Waals surface area contributed by atoms with E-state index in [0.717, 1.165) is 24.3 Å². The lowest BCUT2D eigenvalue weighted by Gasteiger charge is -2.24. The number of carbonyl (C=O) groups is 1. The van der Waals surface area contributed by atoms with Gasteiger partial charge in [-0.2, -0.15) is 0 Å². The van der Waals surface area contributed by atoms with E-state index >= 15 is 0 Å². The highest BCUT2D eigenvalue weighted by Gasteiger charge is 2.18. The molecule has 0 atom stereocenters. The molecule has 0 fully saturated rings. The summed E-state index contributed by atoms with van der Waals surface area (Å²) < 4.78 is 0. The van der Waals surface area contributed by atoms with Gasteiger partial charge < -0.3 is 14.8 Å². The maximum absolute atomic E-state index is 12.7. The minimum atomic E-state index is 0.0963. The molecule has 4 nitrogen and oxygen atoms in total. The molecular weight excluding hydrogens is 270 g/mol. The lowest BCUT2D eigenvalue weighted by atomic mass is 10.2. The van der Waals surface area contributed by atoms with Gasteiger partial charge in [0.2, 0.25) is 0 Å². The summed E-state index contributed by atoms with van der Waals surface area (Å²) in [5, 5.41) is 2.05. The lowest BCUT2D eigenvalue weighted by molar-refractivity contribution is 0.0733. The topological polar surface area (TPSA) is 39.3 Å². The molecule has 0 spiro atoms. The quantitative estimate of drug-likeness (QED) is 0.888. The van der Waals surface area contributed by atoms with E-state index in [2.05, 4.69) is 16.0 Å². The van der Waals surface area contributed by atoms with Crippen molar-refractivity contribution in [3.63, 3.8) is 0 Å². The number of hydrogen-bond acceptors (Lipinski definition) is 3. The number of nitrogens with one attached hydrogen (secondary N) is 1. The zero-order valence-electron chi connectivity index (χ0n) is 12.2. The Hall–Kier alpha value is -1.59. The van der Waals surface area contributed by atoms with E-state index < -0.39 is 0 Å². The van der Waals surface area contributed by atoms with Crippen LogP contribution in [-0.4, -0.2) is 47.9 Å². The summed E-state index contributed by atoms with van der Waals surface area (Å²) in [4.78, 5) is 21.0. The van der Waals surface area contributed by atoms with Crippen molar-refractivity contribution in [1.29, 1.82) is 0 Å². The molecule has 2 aromatic heterocycles. The summed E-state index contributed by atoms with van der Waals surface area (Å²) in [6, 6.07) is 5.95. The number of rotatable bonds is 6. The summed E-state index contributed by atoms with van der Waals surface area (Å²) in [5.41, 5.74) is 1.69. The number of likely N-dealkylation sites (N-methyl/N-ethyl adjacent to an activating group) is 1. The Labute approximate surface area is 124 Å². The largest absolute Gasteiger partial charge is 0.365 e. The van der Waals surface area contributed by atoms with Crippen LogP contribution in [0.5, 0.6) is 0 Å². The number of carbonyl (C=O) groups excluding carboxylic acids is 1. The van der Waals surface area contributed by atoms with Crippen LogP contribution in [0.25, 0.3) is 0 Å². The molecule has 0 unspecified atom stereocenters. The molecule has 1 N–H and O–H groups in total. The molecule has 0 aliphatic rings. The zero-order valence-corrected chi connectivity index (χ0v) is 13.0. The van der Waals surface area contributed by atoms with Crippen molar-refractivity contribution in [3.05, 3.63) is 45.9 Å². The summed E-state index contributed by atoms with van der Waals surface area (Å²) in [7, 11) is 4.05. The van der Waals surface area contributed by atoms with Crippen molar-refractivity contribution in [2.75, 3.05) is 27.2 Å². The van der Waals surface area contributed by atoms with Crippen molar-refractivity contribution in [2.24, 2.45) is 0 Å². The van der Waals surface area contributed by atoms with Gasteiger partial charge in [-0.05, 0) is 38.5 Å². The third kappa shape index (κ3) is 3.71. The van der Waals surface area contributed by atoms with Crippen LogP contribution in [0.1, 0.15) is 20.9 Å². The first kappa shape index (κ1) is 14.8. The molecule has 0 aromatic carbocycles. The predicted octanol–water partition coefficient (Wildman–Crippen LogP) is 2.59. The smallest absolute Gasteiger partial charge is 0.256 e. The first-order valence-electron chi connectivity index (χ1n) is 6.68. The van der Waals surface area contributed by atoms with E-state index in [-0.39, 0.29) is 5.91 Å². The highest BCUT2D eigenvalue weighted by Crippen LogP contribution is 2.15. The lowest BCUT2D eigenvalue weighted by Crippen LogP contribution is -2.36. The standard InChI is InChI=1S/C15H21N3OS/c1-12-14(6-7-16-12)15(19)18(9-8-17(2)3)11-13-5-4-10-20-13/h4-7,10,16H,8-9,11H2,1-3H3. The minimum Gasteiger partial charge on any atom is -0.365 e. The molecule has 2 heterocycles. The van der Waals surface area contributed by atoms with Gasteiger partial charge in [-0.1, -0.05) is 6.07 Å². The summed E-state index contributed by atoms with van der Waals surface area (Å²) >= 11 is 1.69. The fourth-order valence-corrected chi connectivity index (χ4v) is 2.74. The third-order valence-electron chi connectivity index (χ3n) is 3.22. The average Bonchev–Trinajstić information content (AvgIpc) is 3.04. The highest BCUT2D eigenvalue weighted by molar-refractivity contribution is 7.09. The van der Waals surface area contributed by atoms with Crippen LogP contribution < -0.4 is 0 Å². The van der Waals surface area contributed by atoms with Crippen LogP contribution in [-0.2, 0) is 6.54 Å². The monoisotopic (exact) mass is 291 g/mol. The summed E-state index contributed by atoms with van der Waals surface area (Å²) in [6.07, 6.45) is 1.82. The van der Waals surface area contributed by atoms with Gasteiger partial charge >= 0.3 is 0 Å². The normalized spacial score (nSPS) is 11.0. The Balaban J connectivity index is 2.12. The third-order valence-corrected chi connectivity index (χ3v) is 4.08. The molecule has 0 saturated carbocycles. The molecule has 0 aliphatic carbocycles. The molecular formula is C15H21N3OS. The second-order valence-corrected chi connectivity index (χ2v) is 6.16. The molecule has 2 rings (SSSR count). The Kier molecular flexibility index (Phi) is 4.98. The van der Waals surface area contributed by atoms with Gasteiger partial charge in [-0.3, -0.25) is 4.79 Å². The molecule has 0 bridgehead atoms. The van der Waals surface area contributed by atoms with Gasteiger partial charge in [-0.15, -0.1) is 11.3 Å². The Morgan fingerprint density at radius 3 is 2.65 bits per heavy atom. The van der Waals surface area contributed by atoms with Crippen molar-refractivity contribution in [2.45, 2.75) is 13.5 Å². The average molecular weight is 291 g/mol. The van der Waals surface area contributed by atoms with E-state index in [1.165, 1.54) is 4.88 Å². The predicted molar refractivity (Wildman–Crippen MR) is 83.1 cm³/mol. The number of amides is 1. The Morgan fingerprint density at radius 1 is 1.30 bits per heavy atom. The molecule has 0 aliphatic heterocycles. The van der Waals surface area contributed by atoms with Gasteiger partial charge in [0.15, 0.2) is 0 Å². The SMILES string of the molecule is Cc1[nH]ccc1C(=O)N(CCN(C)C)Cc1cccs1. The number of thiophene rings is 1. The molecule has 108 valence electrons. The summed E-state index contributed by atoms with van der Waals surface area (Å²) in [6.45, 7) is 4.20. The zero-order chi connectivity index (χ0) is 14.5. The van der Waals surface area contributed by atoms with Crippen molar-refractivity contribution >= 4 is 17.2 Å². The van der Waals surface area contributed by atoms with E-state index in [1.807, 2.05) is 49.6 Å². The molecule has 5 heteroatoms. The number of hydrogen-bond donors (Lipinski definition) is 1. The van der Waals surface area contributed by atoms with Crippen LogP contribution in [0, 0.1) is 6.92 Å². The molecule has 1 amide bonds. The fourth-order valence-electron chi connectivity index (χ4n) is 2.02. The van der Waals surface area contributed by atoms with Gasteiger partial charge in [0.25, 0.3) is 5.91 Å². The summed E-state index contributed by atoms with van der Waals surface area (Å²) in [5.74, 6) is 0.0963.